The van der Waals surface area contributed by atoms with E-state index in [9.17, 15) is 4.39 Å². The van der Waals surface area contributed by atoms with Gasteiger partial charge in [-0.15, -0.1) is 0 Å². The van der Waals surface area contributed by atoms with E-state index in [2.05, 4.69) is 33.0 Å². The summed E-state index contributed by atoms with van der Waals surface area (Å²) in [5, 5.41) is 3.66. The Kier molecular flexibility index (Phi) is 4.34. The van der Waals surface area contributed by atoms with E-state index >= 15 is 0 Å². The number of halogens is 2. The van der Waals surface area contributed by atoms with Crippen LogP contribution < -0.4 is 5.32 Å². The smallest absolute Gasteiger partial charge is 0.141 e. The lowest BCUT2D eigenvalue weighted by atomic mass is 9.94. The minimum Gasteiger partial charge on any atom is -0.309 e. The van der Waals surface area contributed by atoms with Gasteiger partial charge in [-0.2, -0.15) is 0 Å². The Balaban J connectivity index is 2.76. The average Bonchev–Trinajstić information content (AvgIpc) is 2.08. The molecule has 16 heavy (non-hydrogen) atoms. The molecule has 0 amide bonds. The molecule has 0 saturated heterocycles. The van der Waals surface area contributed by atoms with Gasteiger partial charge in [-0.25, -0.2) is 4.39 Å². The SMILES string of the molecule is CC(C)NC(C)(C)Cc1ccc(F)c(Cl)c1. The Morgan fingerprint density at radius 1 is 1.38 bits per heavy atom. The number of hydrogen-bond acceptors (Lipinski definition) is 1. The van der Waals surface area contributed by atoms with Crippen molar-refractivity contribution in [1.29, 1.82) is 0 Å². The molecule has 0 radical (unpaired) electrons. The molecular formula is C13H19ClFN. The first-order valence-corrected chi connectivity index (χ1v) is 5.89. The van der Waals surface area contributed by atoms with Gasteiger partial charge in [0.05, 0.1) is 5.02 Å². The molecular weight excluding hydrogens is 225 g/mol. The molecule has 0 bridgehead atoms. The molecule has 90 valence electrons. The second-order valence-corrected chi connectivity index (χ2v) is 5.52. The van der Waals surface area contributed by atoms with Crippen LogP contribution in [-0.4, -0.2) is 11.6 Å². The van der Waals surface area contributed by atoms with Gasteiger partial charge >= 0.3 is 0 Å². The molecule has 0 aliphatic heterocycles. The van der Waals surface area contributed by atoms with E-state index in [0.717, 1.165) is 12.0 Å². The zero-order valence-electron chi connectivity index (χ0n) is 10.3. The van der Waals surface area contributed by atoms with E-state index < -0.39 is 0 Å². The Hall–Kier alpha value is -0.600. The van der Waals surface area contributed by atoms with Crippen LogP contribution in [0.25, 0.3) is 0 Å². The third-order valence-electron chi connectivity index (χ3n) is 2.31. The van der Waals surface area contributed by atoms with Crippen LogP contribution in [0.15, 0.2) is 18.2 Å². The summed E-state index contributed by atoms with van der Waals surface area (Å²) in [6.45, 7) is 8.48. The lowest BCUT2D eigenvalue weighted by Gasteiger charge is -2.29. The molecule has 1 nitrogen and oxygen atoms in total. The van der Waals surface area contributed by atoms with Crippen molar-refractivity contribution >= 4 is 11.6 Å². The topological polar surface area (TPSA) is 12.0 Å². The molecule has 0 aromatic heterocycles. The highest BCUT2D eigenvalue weighted by Gasteiger charge is 2.19. The van der Waals surface area contributed by atoms with Gasteiger partial charge in [0.15, 0.2) is 0 Å². The molecule has 1 N–H and O–H groups in total. The quantitative estimate of drug-likeness (QED) is 0.848. The van der Waals surface area contributed by atoms with E-state index in [1.807, 2.05) is 0 Å². The monoisotopic (exact) mass is 243 g/mol. The van der Waals surface area contributed by atoms with Crippen LogP contribution in [-0.2, 0) is 6.42 Å². The Bertz CT molecular complexity index is 361. The van der Waals surface area contributed by atoms with Crippen LogP contribution in [0, 0.1) is 5.82 Å². The number of hydrogen-bond donors (Lipinski definition) is 1. The molecule has 3 heteroatoms. The molecule has 1 rings (SSSR count). The zero-order valence-corrected chi connectivity index (χ0v) is 11.0. The van der Waals surface area contributed by atoms with E-state index in [-0.39, 0.29) is 16.4 Å². The summed E-state index contributed by atoms with van der Waals surface area (Å²) in [5.41, 5.74) is 1.03. The molecule has 1 aromatic rings. The number of nitrogens with one attached hydrogen (secondary N) is 1. The largest absolute Gasteiger partial charge is 0.309 e. The van der Waals surface area contributed by atoms with E-state index in [0.29, 0.717) is 6.04 Å². The van der Waals surface area contributed by atoms with E-state index in [1.165, 1.54) is 6.07 Å². The minimum absolute atomic E-state index is 0.0185. The van der Waals surface area contributed by atoms with Crippen molar-refractivity contribution in [2.24, 2.45) is 0 Å². The molecule has 0 atom stereocenters. The highest BCUT2D eigenvalue weighted by atomic mass is 35.5. The van der Waals surface area contributed by atoms with Crippen molar-refractivity contribution in [3.05, 3.63) is 34.6 Å². The van der Waals surface area contributed by atoms with Gasteiger partial charge in [-0.05, 0) is 38.0 Å². The molecule has 0 unspecified atom stereocenters. The Labute approximate surface area is 102 Å². The van der Waals surface area contributed by atoms with Crippen molar-refractivity contribution in [3.63, 3.8) is 0 Å². The predicted molar refractivity (Wildman–Crippen MR) is 67.5 cm³/mol. The van der Waals surface area contributed by atoms with Crippen molar-refractivity contribution in [2.45, 2.75) is 45.7 Å². The van der Waals surface area contributed by atoms with Crippen LogP contribution in [0.2, 0.25) is 5.02 Å². The van der Waals surface area contributed by atoms with Crippen molar-refractivity contribution in [2.75, 3.05) is 0 Å². The summed E-state index contributed by atoms with van der Waals surface area (Å²) in [4.78, 5) is 0. The molecule has 0 saturated carbocycles. The fourth-order valence-corrected chi connectivity index (χ4v) is 2.20. The summed E-state index contributed by atoms with van der Waals surface area (Å²) < 4.78 is 13.0. The minimum atomic E-state index is -0.361. The van der Waals surface area contributed by atoms with Gasteiger partial charge in [-0.3, -0.25) is 0 Å². The van der Waals surface area contributed by atoms with Gasteiger partial charge in [-0.1, -0.05) is 31.5 Å². The predicted octanol–water partition coefficient (Wildman–Crippen LogP) is 3.80. The van der Waals surface area contributed by atoms with Gasteiger partial charge in [0, 0.05) is 11.6 Å². The van der Waals surface area contributed by atoms with Crippen LogP contribution in [0.3, 0.4) is 0 Å². The normalized spacial score (nSPS) is 12.2. The zero-order chi connectivity index (χ0) is 12.3. The van der Waals surface area contributed by atoms with E-state index in [4.69, 9.17) is 11.6 Å². The molecule has 1 aromatic carbocycles. The second kappa shape index (κ2) is 5.15. The van der Waals surface area contributed by atoms with Crippen LogP contribution in [0.4, 0.5) is 4.39 Å². The van der Waals surface area contributed by atoms with E-state index in [1.54, 1.807) is 12.1 Å². The molecule has 0 spiro atoms. The summed E-state index contributed by atoms with van der Waals surface area (Å²) >= 11 is 5.75. The molecule has 0 aliphatic rings. The van der Waals surface area contributed by atoms with Crippen LogP contribution >= 0.6 is 11.6 Å². The first-order valence-electron chi connectivity index (χ1n) is 5.52. The van der Waals surface area contributed by atoms with Crippen LogP contribution in [0.1, 0.15) is 33.3 Å². The molecule has 0 aliphatic carbocycles. The third kappa shape index (κ3) is 4.11. The third-order valence-corrected chi connectivity index (χ3v) is 2.60. The summed E-state index contributed by atoms with van der Waals surface area (Å²) in [7, 11) is 0. The van der Waals surface area contributed by atoms with Crippen LogP contribution in [0.5, 0.6) is 0 Å². The first-order chi connectivity index (χ1) is 7.30. The summed E-state index contributed by atoms with van der Waals surface area (Å²) in [6.07, 6.45) is 0.825. The maximum absolute atomic E-state index is 13.0. The van der Waals surface area contributed by atoms with Gasteiger partial charge in [0.25, 0.3) is 0 Å². The maximum Gasteiger partial charge on any atom is 0.141 e. The highest BCUT2D eigenvalue weighted by Crippen LogP contribution is 2.20. The fraction of sp³-hybridized carbons (Fsp3) is 0.538. The Morgan fingerprint density at radius 3 is 2.50 bits per heavy atom. The summed E-state index contributed by atoms with van der Waals surface area (Å²) in [6, 6.07) is 5.32. The molecule has 0 fully saturated rings. The number of rotatable bonds is 4. The standard InChI is InChI=1S/C13H19ClFN/c1-9(2)16-13(3,4)8-10-5-6-12(15)11(14)7-10/h5-7,9,16H,8H2,1-4H3. The van der Waals surface area contributed by atoms with Crippen molar-refractivity contribution in [1.82, 2.24) is 5.32 Å². The molecule has 0 heterocycles. The number of benzene rings is 1. The summed E-state index contributed by atoms with van der Waals surface area (Å²) in [5.74, 6) is -0.361. The fourth-order valence-electron chi connectivity index (χ4n) is 1.99. The van der Waals surface area contributed by atoms with Gasteiger partial charge in [0.1, 0.15) is 5.82 Å². The van der Waals surface area contributed by atoms with Gasteiger partial charge < -0.3 is 5.32 Å². The first kappa shape index (κ1) is 13.5. The average molecular weight is 244 g/mol. The van der Waals surface area contributed by atoms with Gasteiger partial charge in [0.2, 0.25) is 0 Å². The second-order valence-electron chi connectivity index (χ2n) is 5.11. The maximum atomic E-state index is 13.0. The lowest BCUT2D eigenvalue weighted by molar-refractivity contribution is 0.353. The van der Waals surface area contributed by atoms with Crippen molar-refractivity contribution in [3.8, 4) is 0 Å². The highest BCUT2D eigenvalue weighted by molar-refractivity contribution is 6.30. The Morgan fingerprint density at radius 2 is 2.00 bits per heavy atom. The van der Waals surface area contributed by atoms with Crippen molar-refractivity contribution < 1.29 is 4.39 Å². The lowest BCUT2D eigenvalue weighted by Crippen LogP contribution is -2.45.